The molecule has 0 saturated heterocycles. The van der Waals surface area contributed by atoms with Crippen LogP contribution in [0.3, 0.4) is 0 Å². The molecule has 1 fully saturated rings. The Morgan fingerprint density at radius 1 is 1.00 bits per heavy atom. The van der Waals surface area contributed by atoms with Crippen molar-refractivity contribution in [2.75, 3.05) is 5.43 Å². The highest BCUT2D eigenvalue weighted by Crippen LogP contribution is 2.24. The Bertz CT molecular complexity index is 1430. The summed E-state index contributed by atoms with van der Waals surface area (Å²) in [5.41, 5.74) is 9.15. The van der Waals surface area contributed by atoms with Gasteiger partial charge in [-0.25, -0.2) is 18.1 Å². The van der Waals surface area contributed by atoms with Gasteiger partial charge >= 0.3 is 0 Å². The number of aryl methyl sites for hydroxylation is 1. The summed E-state index contributed by atoms with van der Waals surface area (Å²) in [4.78, 5) is 17.5. The Morgan fingerprint density at radius 2 is 1.73 bits per heavy atom. The number of para-hydroxylation sites is 1. The monoisotopic (exact) mass is 461 g/mol. The lowest BCUT2D eigenvalue weighted by atomic mass is 10.2. The largest absolute Gasteiger partial charge is 0.298 e. The number of hydrazine groups is 1. The highest BCUT2D eigenvalue weighted by Gasteiger charge is 2.27. The van der Waals surface area contributed by atoms with Gasteiger partial charge in [0.15, 0.2) is 0 Å². The molecule has 33 heavy (non-hydrogen) atoms. The molecule has 1 aliphatic rings. The predicted molar refractivity (Wildman–Crippen MR) is 127 cm³/mol. The van der Waals surface area contributed by atoms with Gasteiger partial charge in [-0.15, -0.1) is 0 Å². The van der Waals surface area contributed by atoms with Gasteiger partial charge in [-0.3, -0.25) is 20.2 Å². The Balaban J connectivity index is 1.28. The van der Waals surface area contributed by atoms with Crippen molar-refractivity contribution in [3.8, 4) is 5.69 Å². The second kappa shape index (κ2) is 8.34. The molecule has 0 bridgehead atoms. The van der Waals surface area contributed by atoms with Crippen molar-refractivity contribution in [2.45, 2.75) is 30.7 Å². The molecule has 4 aromatic rings. The number of hydrogen-bond acceptors (Lipinski definition) is 5. The maximum absolute atomic E-state index is 12.7. The lowest BCUT2D eigenvalue weighted by Gasteiger charge is -2.10. The number of aromatic nitrogens is 2. The molecule has 168 valence electrons. The molecule has 1 heterocycles. The van der Waals surface area contributed by atoms with E-state index in [9.17, 15) is 13.2 Å². The smallest absolute Gasteiger partial charge is 0.269 e. The summed E-state index contributed by atoms with van der Waals surface area (Å²) in [6.45, 7) is 1.93. The third-order valence-electron chi connectivity index (χ3n) is 5.48. The number of fused-ring (bicyclic) bond motifs is 1. The van der Waals surface area contributed by atoms with Crippen molar-refractivity contribution >= 4 is 32.7 Å². The van der Waals surface area contributed by atoms with Crippen LogP contribution in [0, 0.1) is 6.92 Å². The molecule has 1 amide bonds. The predicted octanol–water partition coefficient (Wildman–Crippen LogP) is 3.53. The summed E-state index contributed by atoms with van der Waals surface area (Å²) in [5.74, 6) is 0.508. The number of sulfonamides is 1. The van der Waals surface area contributed by atoms with Crippen LogP contribution >= 0.6 is 0 Å². The quantitative estimate of drug-likeness (QED) is 0.365. The Labute approximate surface area is 191 Å². The number of benzene rings is 3. The number of nitrogens with zero attached hydrogens (tertiary/aromatic N) is 2. The lowest BCUT2D eigenvalue weighted by molar-refractivity contribution is 0.0962. The van der Waals surface area contributed by atoms with Crippen LogP contribution in [0.25, 0.3) is 16.7 Å². The first kappa shape index (κ1) is 21.2. The van der Waals surface area contributed by atoms with Crippen molar-refractivity contribution in [1.82, 2.24) is 19.7 Å². The Kier molecular flexibility index (Phi) is 5.35. The zero-order valence-corrected chi connectivity index (χ0v) is 18.8. The highest BCUT2D eigenvalue weighted by molar-refractivity contribution is 7.89. The van der Waals surface area contributed by atoms with Crippen LogP contribution in [-0.4, -0.2) is 29.9 Å². The molecule has 3 aromatic carbocycles. The number of rotatable bonds is 7. The van der Waals surface area contributed by atoms with Crippen molar-refractivity contribution in [3.63, 3.8) is 0 Å². The summed E-state index contributed by atoms with van der Waals surface area (Å²) in [5, 5.41) is 0. The van der Waals surface area contributed by atoms with Crippen LogP contribution in [-0.2, 0) is 10.0 Å². The van der Waals surface area contributed by atoms with Crippen molar-refractivity contribution in [1.29, 1.82) is 0 Å². The molecule has 5 rings (SSSR count). The van der Waals surface area contributed by atoms with Gasteiger partial charge < -0.3 is 0 Å². The van der Waals surface area contributed by atoms with E-state index in [4.69, 9.17) is 0 Å². The molecule has 0 atom stereocenters. The van der Waals surface area contributed by atoms with Crippen LogP contribution in [0.1, 0.15) is 29.0 Å². The number of hydrogen-bond donors (Lipinski definition) is 3. The van der Waals surface area contributed by atoms with Gasteiger partial charge in [-0.2, -0.15) is 0 Å². The highest BCUT2D eigenvalue weighted by atomic mass is 32.2. The minimum absolute atomic E-state index is 0.0484. The van der Waals surface area contributed by atoms with E-state index in [0.29, 0.717) is 11.3 Å². The topological polar surface area (TPSA) is 105 Å². The number of carbonyl (C=O) groups excluding carboxylic acids is 1. The average Bonchev–Trinajstić information content (AvgIpc) is 3.56. The van der Waals surface area contributed by atoms with Gasteiger partial charge in [-0.05, 0) is 74.4 Å². The minimum Gasteiger partial charge on any atom is -0.298 e. The molecule has 3 N–H and O–H groups in total. The number of nitrogens with one attached hydrogen (secondary N) is 3. The lowest BCUT2D eigenvalue weighted by Crippen LogP contribution is -2.29. The molecular formula is C24H23N5O3S. The Morgan fingerprint density at radius 3 is 2.42 bits per heavy atom. The fraction of sp³-hybridized carbons (Fsp3) is 0.167. The van der Waals surface area contributed by atoms with E-state index in [-0.39, 0.29) is 16.8 Å². The number of amides is 1. The third kappa shape index (κ3) is 4.46. The zero-order valence-electron chi connectivity index (χ0n) is 17.9. The second-order valence-electron chi connectivity index (χ2n) is 8.03. The fourth-order valence-electron chi connectivity index (χ4n) is 3.65. The molecule has 1 saturated carbocycles. The van der Waals surface area contributed by atoms with Gasteiger partial charge in [0.2, 0.25) is 10.0 Å². The minimum atomic E-state index is -3.50. The van der Waals surface area contributed by atoms with Gasteiger partial charge in [0, 0.05) is 17.3 Å². The molecule has 0 unspecified atom stereocenters. The molecule has 1 aliphatic carbocycles. The first-order chi connectivity index (χ1) is 15.9. The van der Waals surface area contributed by atoms with Crippen molar-refractivity contribution < 1.29 is 13.2 Å². The number of imidazole rings is 1. The number of carbonyl (C=O) groups is 1. The maximum Gasteiger partial charge on any atom is 0.269 e. The molecule has 1 aromatic heterocycles. The number of anilines is 1. The van der Waals surface area contributed by atoms with Crippen LogP contribution < -0.4 is 15.6 Å². The van der Waals surface area contributed by atoms with E-state index >= 15 is 0 Å². The van der Waals surface area contributed by atoms with Gasteiger partial charge in [0.25, 0.3) is 5.91 Å². The summed E-state index contributed by atoms with van der Waals surface area (Å²) in [7, 11) is -3.50. The van der Waals surface area contributed by atoms with E-state index in [1.807, 2.05) is 47.9 Å². The molecule has 9 heteroatoms. The second-order valence-corrected chi connectivity index (χ2v) is 9.75. The van der Waals surface area contributed by atoms with Gasteiger partial charge in [-0.1, -0.05) is 18.2 Å². The van der Waals surface area contributed by atoms with Crippen LogP contribution in [0.4, 0.5) is 5.69 Å². The summed E-state index contributed by atoms with van der Waals surface area (Å²) >= 11 is 0. The van der Waals surface area contributed by atoms with Gasteiger partial charge in [0.1, 0.15) is 5.82 Å². The molecule has 8 nitrogen and oxygen atoms in total. The maximum atomic E-state index is 12.7. The fourth-order valence-corrected chi connectivity index (χ4v) is 4.96. The van der Waals surface area contributed by atoms with Crippen molar-refractivity contribution in [3.05, 3.63) is 84.2 Å². The molecule has 0 aliphatic heterocycles. The third-order valence-corrected chi connectivity index (χ3v) is 7.02. The van der Waals surface area contributed by atoms with E-state index < -0.39 is 10.0 Å². The van der Waals surface area contributed by atoms with E-state index in [0.717, 1.165) is 35.4 Å². The standard InChI is InChI=1S/C24H23N5O3S/c1-16-25-22-15-17(7-14-23(22)29(16)20-5-3-2-4-6-20)24(30)27-26-18-10-12-21(13-11-18)33(31,32)28-19-8-9-19/h2-7,10-15,19,26,28H,8-9H2,1H3,(H,27,30). The summed E-state index contributed by atoms with van der Waals surface area (Å²) in [6, 6.07) is 21.6. The van der Waals surface area contributed by atoms with Crippen molar-refractivity contribution in [2.24, 2.45) is 0 Å². The molecule has 0 radical (unpaired) electrons. The Hall–Kier alpha value is -3.69. The van der Waals surface area contributed by atoms with E-state index in [2.05, 4.69) is 20.6 Å². The summed E-state index contributed by atoms with van der Waals surface area (Å²) < 4.78 is 29.2. The zero-order chi connectivity index (χ0) is 23.0. The first-order valence-electron chi connectivity index (χ1n) is 10.6. The van der Waals surface area contributed by atoms with Gasteiger partial charge in [0.05, 0.1) is 21.6 Å². The van der Waals surface area contributed by atoms with E-state index in [1.165, 1.54) is 12.1 Å². The van der Waals surface area contributed by atoms with Crippen LogP contribution in [0.2, 0.25) is 0 Å². The van der Waals surface area contributed by atoms with Crippen LogP contribution in [0.5, 0.6) is 0 Å². The normalized spacial score (nSPS) is 13.7. The van der Waals surface area contributed by atoms with E-state index in [1.54, 1.807) is 24.3 Å². The summed E-state index contributed by atoms with van der Waals surface area (Å²) in [6.07, 6.45) is 1.76. The molecular weight excluding hydrogens is 438 g/mol. The first-order valence-corrected chi connectivity index (χ1v) is 12.1. The molecule has 0 spiro atoms. The van der Waals surface area contributed by atoms with Crippen LogP contribution in [0.15, 0.2) is 77.7 Å². The SMILES string of the molecule is Cc1nc2cc(C(=O)NNc3ccc(S(=O)(=O)NC4CC4)cc3)ccc2n1-c1ccccc1. The average molecular weight is 462 g/mol.